The summed E-state index contributed by atoms with van der Waals surface area (Å²) >= 11 is 1.72. The number of pyridine rings is 1. The zero-order valence-corrected chi connectivity index (χ0v) is 11.8. The summed E-state index contributed by atoms with van der Waals surface area (Å²) in [5.74, 6) is 2.40. The van der Waals surface area contributed by atoms with Crippen molar-refractivity contribution in [2.75, 3.05) is 19.0 Å². The first kappa shape index (κ1) is 13.3. The fourth-order valence-electron chi connectivity index (χ4n) is 2.01. The molecule has 2 aromatic rings. The Morgan fingerprint density at radius 3 is 2.65 bits per heavy atom. The van der Waals surface area contributed by atoms with Crippen LogP contribution < -0.4 is 15.2 Å². The average Bonchev–Trinajstić information content (AvgIpc) is 2.53. The van der Waals surface area contributed by atoms with Crippen molar-refractivity contribution in [1.82, 2.24) is 4.98 Å². The van der Waals surface area contributed by atoms with E-state index >= 15 is 0 Å². The van der Waals surface area contributed by atoms with E-state index in [0.29, 0.717) is 13.2 Å². The third-order valence-electron chi connectivity index (χ3n) is 3.07. The van der Waals surface area contributed by atoms with Crippen molar-refractivity contribution in [1.29, 1.82) is 0 Å². The van der Waals surface area contributed by atoms with E-state index in [-0.39, 0.29) is 6.04 Å². The van der Waals surface area contributed by atoms with Crippen LogP contribution in [0.15, 0.2) is 47.6 Å². The van der Waals surface area contributed by atoms with Gasteiger partial charge in [0.25, 0.3) is 0 Å². The van der Waals surface area contributed by atoms with Gasteiger partial charge in [-0.2, -0.15) is 0 Å². The Morgan fingerprint density at radius 2 is 1.85 bits per heavy atom. The lowest BCUT2D eigenvalue weighted by atomic mass is 10.1. The summed E-state index contributed by atoms with van der Waals surface area (Å²) in [6.45, 7) is 1.20. The molecule has 0 radical (unpaired) electrons. The van der Waals surface area contributed by atoms with E-state index in [0.717, 1.165) is 22.8 Å². The van der Waals surface area contributed by atoms with Crippen molar-refractivity contribution in [3.63, 3.8) is 0 Å². The van der Waals surface area contributed by atoms with E-state index in [2.05, 4.69) is 4.98 Å². The van der Waals surface area contributed by atoms with Crippen molar-refractivity contribution in [2.45, 2.75) is 10.9 Å². The number of benzene rings is 1. The molecule has 0 saturated carbocycles. The lowest BCUT2D eigenvalue weighted by molar-refractivity contribution is 0.171. The van der Waals surface area contributed by atoms with Crippen LogP contribution in [-0.4, -0.2) is 24.0 Å². The first-order chi connectivity index (χ1) is 9.83. The summed E-state index contributed by atoms with van der Waals surface area (Å²) in [5, 5.41) is 0. The minimum atomic E-state index is -0.0380. The number of nitrogens with zero attached hydrogens (tertiary/aromatic N) is 1. The highest BCUT2D eigenvalue weighted by molar-refractivity contribution is 7.99. The second-order valence-corrected chi connectivity index (χ2v) is 5.60. The van der Waals surface area contributed by atoms with E-state index in [1.165, 1.54) is 4.90 Å². The van der Waals surface area contributed by atoms with Gasteiger partial charge in [0.05, 0.1) is 0 Å². The van der Waals surface area contributed by atoms with Crippen LogP contribution >= 0.6 is 11.8 Å². The molecule has 0 amide bonds. The van der Waals surface area contributed by atoms with Gasteiger partial charge in [0.1, 0.15) is 13.2 Å². The Bertz CT molecular complexity index is 577. The van der Waals surface area contributed by atoms with Gasteiger partial charge in [-0.15, -0.1) is 11.8 Å². The van der Waals surface area contributed by atoms with Crippen LogP contribution in [0, 0.1) is 0 Å². The summed E-state index contributed by atoms with van der Waals surface area (Å²) in [5.41, 5.74) is 7.31. The minimum Gasteiger partial charge on any atom is -0.486 e. The maximum atomic E-state index is 6.24. The van der Waals surface area contributed by atoms with Gasteiger partial charge in [0.2, 0.25) is 0 Å². The molecule has 0 bridgehead atoms. The molecule has 1 aromatic heterocycles. The number of aromatic nitrogens is 1. The quantitative estimate of drug-likeness (QED) is 0.877. The van der Waals surface area contributed by atoms with Gasteiger partial charge in [-0.25, -0.2) is 0 Å². The van der Waals surface area contributed by atoms with Crippen LogP contribution in [0.4, 0.5) is 0 Å². The topological polar surface area (TPSA) is 57.4 Å². The molecule has 2 N–H and O–H groups in total. The smallest absolute Gasteiger partial charge is 0.161 e. The summed E-state index contributed by atoms with van der Waals surface area (Å²) in [7, 11) is 0. The maximum Gasteiger partial charge on any atom is 0.161 e. The van der Waals surface area contributed by atoms with Gasteiger partial charge in [-0.05, 0) is 29.8 Å². The number of ether oxygens (including phenoxy) is 2. The van der Waals surface area contributed by atoms with E-state index in [1.807, 2.05) is 30.3 Å². The first-order valence-corrected chi connectivity index (χ1v) is 7.49. The Kier molecular flexibility index (Phi) is 4.08. The van der Waals surface area contributed by atoms with Crippen LogP contribution in [0.3, 0.4) is 0 Å². The molecule has 104 valence electrons. The Hall–Kier alpha value is -1.72. The van der Waals surface area contributed by atoms with Crippen LogP contribution in [0.2, 0.25) is 0 Å². The largest absolute Gasteiger partial charge is 0.486 e. The van der Waals surface area contributed by atoms with Gasteiger partial charge in [-0.3, -0.25) is 4.98 Å². The predicted octanol–water partition coefficient (Wildman–Crippen LogP) is 2.64. The molecule has 1 aromatic carbocycles. The molecule has 1 unspecified atom stereocenters. The van der Waals surface area contributed by atoms with Crippen LogP contribution in [0.1, 0.15) is 11.6 Å². The van der Waals surface area contributed by atoms with Gasteiger partial charge in [0, 0.05) is 29.1 Å². The number of nitrogens with two attached hydrogens (primary N) is 1. The second kappa shape index (κ2) is 6.15. The van der Waals surface area contributed by atoms with E-state index < -0.39 is 0 Å². The van der Waals surface area contributed by atoms with Crippen molar-refractivity contribution in [3.05, 3.63) is 48.3 Å². The normalized spacial score (nSPS) is 14.8. The minimum absolute atomic E-state index is 0.0380. The SMILES string of the molecule is NC(CSc1ccncc1)c1ccc2c(c1)OCCO2. The molecule has 2 heterocycles. The standard InChI is InChI=1S/C15H16N2O2S/c16-13(10-20-12-3-5-17-6-4-12)11-1-2-14-15(9-11)19-8-7-18-14/h1-6,9,13H,7-8,10,16H2. The summed E-state index contributed by atoms with van der Waals surface area (Å²) in [4.78, 5) is 5.18. The van der Waals surface area contributed by atoms with E-state index in [1.54, 1.807) is 24.2 Å². The Labute approximate surface area is 122 Å². The van der Waals surface area contributed by atoms with Crippen molar-refractivity contribution in [2.24, 2.45) is 5.73 Å². The van der Waals surface area contributed by atoms with Gasteiger partial charge >= 0.3 is 0 Å². The second-order valence-electron chi connectivity index (χ2n) is 4.50. The van der Waals surface area contributed by atoms with Gasteiger partial charge in [-0.1, -0.05) is 6.07 Å². The maximum absolute atomic E-state index is 6.24. The van der Waals surface area contributed by atoms with Crippen molar-refractivity contribution in [3.8, 4) is 11.5 Å². The third kappa shape index (κ3) is 3.05. The first-order valence-electron chi connectivity index (χ1n) is 6.51. The highest BCUT2D eigenvalue weighted by atomic mass is 32.2. The monoisotopic (exact) mass is 288 g/mol. The van der Waals surface area contributed by atoms with Gasteiger partial charge < -0.3 is 15.2 Å². The lowest BCUT2D eigenvalue weighted by Crippen LogP contribution is -2.17. The van der Waals surface area contributed by atoms with Crippen LogP contribution in [0.5, 0.6) is 11.5 Å². The summed E-state index contributed by atoms with van der Waals surface area (Å²) in [6, 6.07) is 9.85. The zero-order valence-electron chi connectivity index (χ0n) is 11.0. The van der Waals surface area contributed by atoms with E-state index in [4.69, 9.17) is 15.2 Å². The lowest BCUT2D eigenvalue weighted by Gasteiger charge is -2.20. The molecule has 0 aliphatic carbocycles. The third-order valence-corrected chi connectivity index (χ3v) is 4.20. The molecule has 0 saturated heterocycles. The van der Waals surface area contributed by atoms with Gasteiger partial charge in [0.15, 0.2) is 11.5 Å². The molecule has 0 fully saturated rings. The molecule has 5 heteroatoms. The fourth-order valence-corrected chi connectivity index (χ4v) is 2.89. The molecular formula is C15H16N2O2S. The fraction of sp³-hybridized carbons (Fsp3) is 0.267. The molecular weight excluding hydrogens is 272 g/mol. The Morgan fingerprint density at radius 1 is 1.10 bits per heavy atom. The van der Waals surface area contributed by atoms with Crippen molar-refractivity contribution < 1.29 is 9.47 Å². The molecule has 4 nitrogen and oxygen atoms in total. The average molecular weight is 288 g/mol. The van der Waals surface area contributed by atoms with Crippen LogP contribution in [0.25, 0.3) is 0 Å². The predicted molar refractivity (Wildman–Crippen MR) is 79.3 cm³/mol. The number of hydrogen-bond acceptors (Lipinski definition) is 5. The number of thioether (sulfide) groups is 1. The number of rotatable bonds is 4. The van der Waals surface area contributed by atoms with Crippen LogP contribution in [-0.2, 0) is 0 Å². The molecule has 3 rings (SSSR count). The highest BCUT2D eigenvalue weighted by Gasteiger charge is 2.14. The zero-order chi connectivity index (χ0) is 13.8. The van der Waals surface area contributed by atoms with E-state index in [9.17, 15) is 0 Å². The highest BCUT2D eigenvalue weighted by Crippen LogP contribution is 2.33. The summed E-state index contributed by atoms with van der Waals surface area (Å²) in [6.07, 6.45) is 3.58. The Balaban J connectivity index is 1.66. The number of hydrogen-bond donors (Lipinski definition) is 1. The summed E-state index contributed by atoms with van der Waals surface area (Å²) < 4.78 is 11.1. The van der Waals surface area contributed by atoms with Crippen molar-refractivity contribution >= 4 is 11.8 Å². The molecule has 0 spiro atoms. The molecule has 1 aliphatic heterocycles. The molecule has 1 aliphatic rings. The molecule has 20 heavy (non-hydrogen) atoms. The molecule has 1 atom stereocenters. The number of fused-ring (bicyclic) bond motifs is 1.